The molecule has 1 aromatic heterocycles. The molecule has 0 bridgehead atoms. The zero-order valence-corrected chi connectivity index (χ0v) is 11.8. The van der Waals surface area contributed by atoms with Crippen molar-refractivity contribution in [3.05, 3.63) is 53.6 Å². The summed E-state index contributed by atoms with van der Waals surface area (Å²) in [4.78, 5) is 5.23. The molecule has 2 aromatic rings. The molecule has 0 spiro atoms. The Kier molecular flexibility index (Phi) is 3.53. The third-order valence-corrected chi connectivity index (χ3v) is 3.37. The van der Waals surface area contributed by atoms with Gasteiger partial charge in [0.2, 0.25) is 11.8 Å². The molecular formula is C15H13NO4S. The van der Waals surface area contributed by atoms with Crippen LogP contribution in [0.25, 0.3) is 0 Å². The summed E-state index contributed by atoms with van der Waals surface area (Å²) in [6.07, 6.45) is 4.92. The number of thiocarbonyl (C=S) groups is 1. The SMILES string of the molecule is Oc1c2c(c(O)n1OC(=S)Oc1ccccc1)CC=CC2. The van der Waals surface area contributed by atoms with Gasteiger partial charge in [-0.3, -0.25) is 0 Å². The molecule has 1 heterocycles. The second-order valence-electron chi connectivity index (χ2n) is 4.53. The lowest BCUT2D eigenvalue weighted by Crippen LogP contribution is -2.22. The summed E-state index contributed by atoms with van der Waals surface area (Å²) >= 11 is 4.97. The average molecular weight is 303 g/mol. The van der Waals surface area contributed by atoms with Gasteiger partial charge >= 0.3 is 5.24 Å². The molecule has 0 radical (unpaired) electrons. The van der Waals surface area contributed by atoms with Crippen molar-refractivity contribution in [2.45, 2.75) is 12.8 Å². The van der Waals surface area contributed by atoms with E-state index < -0.39 is 0 Å². The maximum absolute atomic E-state index is 10.1. The topological polar surface area (TPSA) is 63.9 Å². The maximum Gasteiger partial charge on any atom is 0.383 e. The molecule has 0 fully saturated rings. The van der Waals surface area contributed by atoms with E-state index in [1.807, 2.05) is 18.2 Å². The number of benzene rings is 1. The van der Waals surface area contributed by atoms with Crippen molar-refractivity contribution in [3.63, 3.8) is 0 Å². The van der Waals surface area contributed by atoms with Gasteiger partial charge in [-0.05, 0) is 25.0 Å². The third-order valence-electron chi connectivity index (χ3n) is 3.21. The number of para-hydroxylation sites is 1. The van der Waals surface area contributed by atoms with E-state index in [2.05, 4.69) is 0 Å². The first-order chi connectivity index (χ1) is 10.2. The first kappa shape index (κ1) is 13.5. The monoisotopic (exact) mass is 303 g/mol. The number of fused-ring (bicyclic) bond motifs is 1. The Labute approximate surface area is 126 Å². The molecular weight excluding hydrogens is 290 g/mol. The van der Waals surface area contributed by atoms with Gasteiger partial charge in [0.25, 0.3) is 0 Å². The number of hydrogen-bond donors (Lipinski definition) is 2. The average Bonchev–Trinajstić information content (AvgIpc) is 2.74. The van der Waals surface area contributed by atoms with Crippen molar-refractivity contribution in [2.24, 2.45) is 0 Å². The lowest BCUT2D eigenvalue weighted by Gasteiger charge is -2.10. The molecule has 0 saturated carbocycles. The van der Waals surface area contributed by atoms with Crippen molar-refractivity contribution in [2.75, 3.05) is 0 Å². The molecule has 0 amide bonds. The van der Waals surface area contributed by atoms with E-state index in [-0.39, 0.29) is 17.0 Å². The van der Waals surface area contributed by atoms with Gasteiger partial charge in [-0.15, -0.1) is 4.73 Å². The quantitative estimate of drug-likeness (QED) is 0.658. The Bertz CT molecular complexity index is 675. The summed E-state index contributed by atoms with van der Waals surface area (Å²) in [5.74, 6) is 0.191. The van der Waals surface area contributed by atoms with E-state index in [1.54, 1.807) is 24.3 Å². The molecule has 1 aliphatic carbocycles. The van der Waals surface area contributed by atoms with Crippen LogP contribution in [0.4, 0.5) is 0 Å². The van der Waals surface area contributed by atoms with Crippen LogP contribution >= 0.6 is 12.2 Å². The number of aromatic hydroxyl groups is 2. The highest BCUT2D eigenvalue weighted by Gasteiger charge is 2.24. The second kappa shape index (κ2) is 5.49. The van der Waals surface area contributed by atoms with Crippen molar-refractivity contribution >= 4 is 17.5 Å². The first-order valence-electron chi connectivity index (χ1n) is 6.41. The highest BCUT2D eigenvalue weighted by molar-refractivity contribution is 7.79. The van der Waals surface area contributed by atoms with Crippen LogP contribution in [0, 0.1) is 0 Å². The Morgan fingerprint density at radius 3 is 2.14 bits per heavy atom. The lowest BCUT2D eigenvalue weighted by atomic mass is 10.0. The molecule has 2 N–H and O–H groups in total. The van der Waals surface area contributed by atoms with Crippen molar-refractivity contribution in [3.8, 4) is 17.5 Å². The number of nitrogens with zero attached hydrogens (tertiary/aromatic N) is 1. The van der Waals surface area contributed by atoms with Gasteiger partial charge in [0.05, 0.1) is 0 Å². The molecule has 0 saturated heterocycles. The molecule has 0 unspecified atom stereocenters. The largest absolute Gasteiger partial charge is 0.492 e. The van der Waals surface area contributed by atoms with E-state index >= 15 is 0 Å². The maximum atomic E-state index is 10.1. The Hall–Kier alpha value is -2.47. The fraction of sp³-hybridized carbons (Fsp3) is 0.133. The molecule has 21 heavy (non-hydrogen) atoms. The summed E-state index contributed by atoms with van der Waals surface area (Å²) in [5, 5.41) is 20.0. The summed E-state index contributed by atoms with van der Waals surface area (Å²) in [6, 6.07) is 8.89. The van der Waals surface area contributed by atoms with E-state index in [0.717, 1.165) is 4.73 Å². The number of aromatic nitrogens is 1. The van der Waals surface area contributed by atoms with Gasteiger partial charge in [0, 0.05) is 23.3 Å². The first-order valence-corrected chi connectivity index (χ1v) is 6.82. The third kappa shape index (κ3) is 2.57. The highest BCUT2D eigenvalue weighted by atomic mass is 32.1. The molecule has 0 aliphatic heterocycles. The van der Waals surface area contributed by atoms with Gasteiger partial charge in [-0.25, -0.2) is 0 Å². The molecule has 6 heteroatoms. The van der Waals surface area contributed by atoms with Gasteiger partial charge in [-0.1, -0.05) is 30.4 Å². The number of rotatable bonds is 2. The predicted molar refractivity (Wildman–Crippen MR) is 80.6 cm³/mol. The van der Waals surface area contributed by atoms with E-state index in [0.29, 0.717) is 29.7 Å². The lowest BCUT2D eigenvalue weighted by molar-refractivity contribution is 0.161. The minimum absolute atomic E-state index is 0.161. The van der Waals surface area contributed by atoms with Crippen LogP contribution in [0.1, 0.15) is 11.1 Å². The Balaban J connectivity index is 1.79. The van der Waals surface area contributed by atoms with E-state index in [1.165, 1.54) is 0 Å². The Morgan fingerprint density at radius 1 is 1.00 bits per heavy atom. The van der Waals surface area contributed by atoms with Gasteiger partial charge in [-0.2, -0.15) is 0 Å². The second-order valence-corrected chi connectivity index (χ2v) is 4.87. The molecule has 1 aliphatic rings. The molecule has 0 atom stereocenters. The van der Waals surface area contributed by atoms with Crippen molar-refractivity contribution in [1.29, 1.82) is 0 Å². The standard InChI is InChI=1S/C15H13NO4S/c17-13-11-8-4-5-9-12(11)14(18)16(13)20-15(21)19-10-6-2-1-3-7-10/h1-7,17-18H,8-9H2. The van der Waals surface area contributed by atoms with Crippen molar-refractivity contribution in [1.82, 2.24) is 4.73 Å². The molecule has 108 valence electrons. The van der Waals surface area contributed by atoms with Crippen LogP contribution in [0.15, 0.2) is 42.5 Å². The van der Waals surface area contributed by atoms with Crippen LogP contribution in [0.3, 0.4) is 0 Å². The van der Waals surface area contributed by atoms with Crippen LogP contribution in [-0.4, -0.2) is 20.2 Å². The number of ether oxygens (including phenoxy) is 1. The fourth-order valence-corrected chi connectivity index (χ4v) is 2.38. The highest BCUT2D eigenvalue weighted by Crippen LogP contribution is 2.35. The summed E-state index contributed by atoms with van der Waals surface area (Å²) in [5.41, 5.74) is 1.27. The van der Waals surface area contributed by atoms with Crippen LogP contribution in [0.2, 0.25) is 0 Å². The smallest absolute Gasteiger partial charge is 0.383 e. The van der Waals surface area contributed by atoms with Gasteiger partial charge < -0.3 is 19.8 Å². The zero-order valence-electron chi connectivity index (χ0n) is 11.0. The van der Waals surface area contributed by atoms with E-state index in [4.69, 9.17) is 21.8 Å². The molecule has 5 nitrogen and oxygen atoms in total. The summed E-state index contributed by atoms with van der Waals surface area (Å²) in [7, 11) is 0. The van der Waals surface area contributed by atoms with Gasteiger partial charge in [0.15, 0.2) is 0 Å². The Morgan fingerprint density at radius 2 is 1.57 bits per heavy atom. The van der Waals surface area contributed by atoms with Crippen LogP contribution in [0.5, 0.6) is 17.5 Å². The van der Waals surface area contributed by atoms with Gasteiger partial charge in [0.1, 0.15) is 5.75 Å². The van der Waals surface area contributed by atoms with Crippen LogP contribution in [-0.2, 0) is 12.8 Å². The summed E-state index contributed by atoms with van der Waals surface area (Å²) < 4.78 is 6.20. The number of allylic oxidation sites excluding steroid dienone is 2. The minimum Gasteiger partial charge on any atom is -0.492 e. The normalized spacial score (nSPS) is 12.8. The molecule has 3 rings (SSSR count). The fourth-order valence-electron chi connectivity index (χ4n) is 2.21. The van der Waals surface area contributed by atoms with Crippen molar-refractivity contribution < 1.29 is 19.8 Å². The molecule has 1 aromatic carbocycles. The van der Waals surface area contributed by atoms with E-state index in [9.17, 15) is 10.2 Å². The zero-order chi connectivity index (χ0) is 14.8. The van der Waals surface area contributed by atoms with Crippen LogP contribution < -0.4 is 9.57 Å². The number of hydrogen-bond acceptors (Lipinski definition) is 5. The predicted octanol–water partition coefficient (Wildman–Crippen LogP) is 2.35. The summed E-state index contributed by atoms with van der Waals surface area (Å²) in [6.45, 7) is 0. The minimum atomic E-state index is -0.216.